The van der Waals surface area contributed by atoms with Crippen LogP contribution in [0.5, 0.6) is 0 Å². The lowest BCUT2D eigenvalue weighted by Crippen LogP contribution is -2.38. The van der Waals surface area contributed by atoms with Gasteiger partial charge in [0.05, 0.1) is 13.2 Å². The van der Waals surface area contributed by atoms with Crippen molar-refractivity contribution in [2.45, 2.75) is 51.7 Å². The molecule has 1 aromatic carbocycles. The van der Waals surface area contributed by atoms with E-state index in [0.29, 0.717) is 0 Å². The molecule has 0 aliphatic carbocycles. The van der Waals surface area contributed by atoms with Gasteiger partial charge in [0.2, 0.25) is 0 Å². The second-order valence-corrected chi connectivity index (χ2v) is 10.6. The van der Waals surface area contributed by atoms with Gasteiger partial charge in [-0.1, -0.05) is 51.1 Å². The fraction of sp³-hybridized carbons (Fsp3) is 0.556. The van der Waals surface area contributed by atoms with Gasteiger partial charge in [0.15, 0.2) is 5.88 Å². The Labute approximate surface area is 136 Å². The molecule has 1 aromatic rings. The number of hydrogen-bond donors (Lipinski definition) is 0. The molecule has 0 N–H and O–H groups in total. The van der Waals surface area contributed by atoms with Crippen molar-refractivity contribution in [2.24, 2.45) is 0 Å². The molecule has 0 amide bonds. The van der Waals surface area contributed by atoms with Gasteiger partial charge in [0.1, 0.15) is 0 Å². The molecule has 1 aliphatic heterocycles. The predicted molar refractivity (Wildman–Crippen MR) is 93.8 cm³/mol. The monoisotopic (exact) mass is 319 g/mol. The van der Waals surface area contributed by atoms with Crippen molar-refractivity contribution >= 4 is 8.32 Å². The predicted octanol–water partition coefficient (Wildman–Crippen LogP) is 4.73. The molecular weight excluding hydrogens is 290 g/mol. The van der Waals surface area contributed by atoms with Crippen LogP contribution in [-0.4, -0.2) is 26.5 Å². The summed E-state index contributed by atoms with van der Waals surface area (Å²) in [6.07, 6.45) is 4.16. The second kappa shape index (κ2) is 8.39. The minimum absolute atomic E-state index is 0.797. The maximum Gasteiger partial charge on any atom is 0.252 e. The van der Waals surface area contributed by atoms with Crippen LogP contribution in [0, 0.1) is 0 Å². The highest BCUT2D eigenvalue weighted by Crippen LogP contribution is 2.27. The molecule has 1 aliphatic rings. The van der Waals surface area contributed by atoms with Gasteiger partial charge in [-0.15, -0.1) is 0 Å². The molecule has 22 heavy (non-hydrogen) atoms. The van der Waals surface area contributed by atoms with Crippen molar-refractivity contribution in [2.75, 3.05) is 13.2 Å². The highest BCUT2D eigenvalue weighted by molar-refractivity contribution is 6.73. The van der Waals surface area contributed by atoms with Gasteiger partial charge in [0.25, 0.3) is 8.32 Å². The summed E-state index contributed by atoms with van der Waals surface area (Å²) in [4.78, 5) is 5.75. The molecule has 0 aromatic heterocycles. The second-order valence-electron chi connectivity index (χ2n) is 5.87. The van der Waals surface area contributed by atoms with Crippen LogP contribution in [0.1, 0.15) is 32.8 Å². The summed E-state index contributed by atoms with van der Waals surface area (Å²) in [5.74, 6) is 0.943. The summed E-state index contributed by atoms with van der Waals surface area (Å²) >= 11 is 0. The molecule has 0 spiro atoms. The Bertz CT molecular complexity index is 457. The summed E-state index contributed by atoms with van der Waals surface area (Å²) in [6, 6.07) is 14.0. The van der Waals surface area contributed by atoms with E-state index in [-0.39, 0.29) is 0 Å². The van der Waals surface area contributed by atoms with E-state index in [2.05, 4.69) is 57.2 Å². The van der Waals surface area contributed by atoms with Crippen molar-refractivity contribution < 1.29 is 9.26 Å². The van der Waals surface area contributed by atoms with Crippen molar-refractivity contribution in [1.29, 1.82) is 0 Å². The lowest BCUT2D eigenvalue weighted by Gasteiger charge is -2.33. The van der Waals surface area contributed by atoms with Crippen LogP contribution in [-0.2, 0) is 15.7 Å². The Morgan fingerprint density at radius 3 is 2.41 bits per heavy atom. The van der Waals surface area contributed by atoms with Gasteiger partial charge in [-0.2, -0.15) is 0 Å². The van der Waals surface area contributed by atoms with E-state index in [0.717, 1.165) is 50.0 Å². The largest absolute Gasteiger partial charge is 0.531 e. The highest BCUT2D eigenvalue weighted by Gasteiger charge is 2.33. The van der Waals surface area contributed by atoms with Crippen molar-refractivity contribution in [3.05, 3.63) is 47.9 Å². The molecule has 122 valence electrons. The average Bonchev–Trinajstić information content (AvgIpc) is 3.11. The molecule has 1 heterocycles. The van der Waals surface area contributed by atoms with E-state index in [4.69, 9.17) is 9.26 Å². The quantitative estimate of drug-likeness (QED) is 0.511. The van der Waals surface area contributed by atoms with E-state index in [1.807, 2.05) is 5.06 Å². The summed E-state index contributed by atoms with van der Waals surface area (Å²) in [7, 11) is -1.68. The van der Waals surface area contributed by atoms with Crippen LogP contribution in [0.2, 0.25) is 18.1 Å². The van der Waals surface area contributed by atoms with E-state index in [9.17, 15) is 0 Å². The van der Waals surface area contributed by atoms with Gasteiger partial charge in [0, 0.05) is 0 Å². The summed E-state index contributed by atoms with van der Waals surface area (Å²) < 4.78 is 6.59. The van der Waals surface area contributed by atoms with E-state index in [1.54, 1.807) is 0 Å². The first kappa shape index (κ1) is 17.1. The van der Waals surface area contributed by atoms with Crippen molar-refractivity contribution in [3.63, 3.8) is 0 Å². The Morgan fingerprint density at radius 2 is 1.86 bits per heavy atom. The van der Waals surface area contributed by atoms with Crippen LogP contribution in [0.4, 0.5) is 0 Å². The Morgan fingerprint density at radius 1 is 1.18 bits per heavy atom. The summed E-state index contributed by atoms with van der Waals surface area (Å²) in [6.45, 7) is 8.52. The van der Waals surface area contributed by atoms with E-state index < -0.39 is 8.32 Å². The van der Waals surface area contributed by atoms with Gasteiger partial charge in [-0.25, -0.2) is 5.06 Å². The average molecular weight is 320 g/mol. The minimum Gasteiger partial charge on any atom is -0.531 e. The molecule has 1 fully saturated rings. The SMILES string of the molecule is CC[Si](CC)(CC)O/C(=C\Cc1ccccc1)N1CCCO1. The van der Waals surface area contributed by atoms with E-state index in [1.165, 1.54) is 5.56 Å². The van der Waals surface area contributed by atoms with Crippen molar-refractivity contribution in [3.8, 4) is 0 Å². The Hall–Kier alpha value is -1.26. The number of hydroxylamine groups is 2. The zero-order valence-corrected chi connectivity index (χ0v) is 15.2. The number of hydrogen-bond acceptors (Lipinski definition) is 3. The third kappa shape index (κ3) is 4.37. The smallest absolute Gasteiger partial charge is 0.252 e. The molecule has 4 heteroatoms. The Balaban J connectivity index is 2.15. The lowest BCUT2D eigenvalue weighted by molar-refractivity contribution is -0.107. The molecule has 0 bridgehead atoms. The molecule has 0 unspecified atom stereocenters. The van der Waals surface area contributed by atoms with Crippen LogP contribution >= 0.6 is 0 Å². The van der Waals surface area contributed by atoms with Crippen LogP contribution in [0.3, 0.4) is 0 Å². The standard InChI is InChI=1S/C18H29NO2Si/c1-4-22(5-2,6-3)21-18(19-15-10-16-20-19)14-13-17-11-8-7-9-12-17/h7-9,11-12,14H,4-6,10,13,15-16H2,1-3H3/b18-14-. The van der Waals surface area contributed by atoms with Gasteiger partial charge >= 0.3 is 0 Å². The van der Waals surface area contributed by atoms with Crippen LogP contribution < -0.4 is 0 Å². The molecule has 0 radical (unpaired) electrons. The van der Waals surface area contributed by atoms with Crippen LogP contribution in [0.15, 0.2) is 42.3 Å². The summed E-state index contributed by atoms with van der Waals surface area (Å²) in [5, 5.41) is 1.96. The highest BCUT2D eigenvalue weighted by atomic mass is 28.4. The first-order valence-corrected chi connectivity index (χ1v) is 11.1. The number of nitrogens with zero attached hydrogens (tertiary/aromatic N) is 1. The zero-order chi connectivity index (χ0) is 15.8. The maximum atomic E-state index is 6.59. The van der Waals surface area contributed by atoms with Gasteiger partial charge in [-0.3, -0.25) is 4.84 Å². The van der Waals surface area contributed by atoms with Gasteiger partial charge in [-0.05, 0) is 42.6 Å². The third-order valence-electron chi connectivity index (χ3n) is 4.61. The maximum absolute atomic E-state index is 6.59. The normalized spacial score (nSPS) is 16.1. The molecule has 1 saturated heterocycles. The first-order chi connectivity index (χ1) is 10.7. The van der Waals surface area contributed by atoms with Crippen molar-refractivity contribution in [1.82, 2.24) is 5.06 Å². The third-order valence-corrected chi connectivity index (χ3v) is 9.12. The molecule has 3 nitrogen and oxygen atoms in total. The fourth-order valence-corrected chi connectivity index (χ4v) is 5.39. The molecular formula is C18H29NO2Si. The molecule has 0 atom stereocenters. The number of allylic oxidation sites excluding steroid dienone is 1. The van der Waals surface area contributed by atoms with Gasteiger partial charge < -0.3 is 4.43 Å². The Kier molecular flexibility index (Phi) is 6.52. The van der Waals surface area contributed by atoms with E-state index >= 15 is 0 Å². The molecule has 2 rings (SSSR count). The summed E-state index contributed by atoms with van der Waals surface area (Å²) in [5.41, 5.74) is 1.31. The lowest BCUT2D eigenvalue weighted by atomic mass is 10.1. The zero-order valence-electron chi connectivity index (χ0n) is 14.2. The molecule has 0 saturated carbocycles. The first-order valence-electron chi connectivity index (χ1n) is 8.56. The topological polar surface area (TPSA) is 21.7 Å². The van der Waals surface area contributed by atoms with Crippen LogP contribution in [0.25, 0.3) is 0 Å². The number of benzene rings is 1. The minimum atomic E-state index is -1.68. The number of rotatable bonds is 8. The fourth-order valence-electron chi connectivity index (χ4n) is 2.82.